The number of hydrogen-bond acceptors (Lipinski definition) is 7. The maximum Gasteiger partial charge on any atom is 0.416 e. The van der Waals surface area contributed by atoms with Gasteiger partial charge < -0.3 is 15.3 Å². The standard InChI is InChI=1S/C30H31F3N6O2/c1-3-23-17-29(35-18-34-23)39-28(6-9-36-39)37-26-12-20(5-4-19(26)2)13-27(41)21-14-22(30(31,32)33)16-24(15-21)38-10-7-25(40)8-11-38/h4-6,9,12,14-18,25,37,40H,3,7-8,10-11,13H2,1-2H3. The highest BCUT2D eigenvalue weighted by Gasteiger charge is 2.33. The van der Waals surface area contributed by atoms with Crippen molar-refractivity contribution < 1.29 is 23.1 Å². The molecule has 2 N–H and O–H groups in total. The van der Waals surface area contributed by atoms with Gasteiger partial charge in [0.15, 0.2) is 11.6 Å². The lowest BCUT2D eigenvalue weighted by Crippen LogP contribution is -2.36. The highest BCUT2D eigenvalue weighted by molar-refractivity contribution is 5.98. The van der Waals surface area contributed by atoms with E-state index in [9.17, 15) is 23.1 Å². The molecule has 1 aliphatic heterocycles. The van der Waals surface area contributed by atoms with Gasteiger partial charge in [0.2, 0.25) is 0 Å². The Bertz CT molecular complexity index is 1540. The second-order valence-corrected chi connectivity index (χ2v) is 10.2. The quantitative estimate of drug-likeness (QED) is 0.266. The number of benzene rings is 2. The molecule has 0 bridgehead atoms. The molecule has 1 saturated heterocycles. The molecule has 214 valence electrons. The Kier molecular flexibility index (Phi) is 8.07. The molecule has 11 heteroatoms. The highest BCUT2D eigenvalue weighted by Crippen LogP contribution is 2.34. The normalized spacial score (nSPS) is 14.3. The molecule has 1 fully saturated rings. The third kappa shape index (κ3) is 6.57. The van der Waals surface area contributed by atoms with E-state index in [4.69, 9.17) is 0 Å². The fourth-order valence-electron chi connectivity index (χ4n) is 4.86. The van der Waals surface area contributed by atoms with Crippen molar-refractivity contribution in [1.29, 1.82) is 0 Å². The summed E-state index contributed by atoms with van der Waals surface area (Å²) in [6.07, 6.45) is -0.300. The monoisotopic (exact) mass is 564 g/mol. The number of carbonyl (C=O) groups is 1. The molecule has 8 nitrogen and oxygen atoms in total. The largest absolute Gasteiger partial charge is 0.416 e. The van der Waals surface area contributed by atoms with Gasteiger partial charge in [-0.05, 0) is 61.6 Å². The highest BCUT2D eigenvalue weighted by atomic mass is 19.4. The molecule has 2 aromatic heterocycles. The van der Waals surface area contributed by atoms with Crippen LogP contribution < -0.4 is 10.2 Å². The summed E-state index contributed by atoms with van der Waals surface area (Å²) in [6.45, 7) is 4.77. The smallest absolute Gasteiger partial charge is 0.393 e. The molecule has 0 atom stereocenters. The van der Waals surface area contributed by atoms with E-state index < -0.39 is 23.6 Å². The fourth-order valence-corrected chi connectivity index (χ4v) is 4.86. The molecule has 0 amide bonds. The summed E-state index contributed by atoms with van der Waals surface area (Å²) in [5.74, 6) is 0.853. The minimum absolute atomic E-state index is 0.00426. The van der Waals surface area contributed by atoms with Crippen LogP contribution >= 0.6 is 0 Å². The van der Waals surface area contributed by atoms with Crippen LogP contribution in [0.15, 0.2) is 61.1 Å². The topological polar surface area (TPSA) is 96.2 Å². The first-order valence-electron chi connectivity index (χ1n) is 13.5. The summed E-state index contributed by atoms with van der Waals surface area (Å²) in [4.78, 5) is 23.7. The first kappa shape index (κ1) is 28.3. The van der Waals surface area contributed by atoms with Crippen LogP contribution in [0.1, 0.15) is 52.5 Å². The van der Waals surface area contributed by atoms with E-state index in [0.29, 0.717) is 48.8 Å². The van der Waals surface area contributed by atoms with E-state index in [-0.39, 0.29) is 12.0 Å². The summed E-state index contributed by atoms with van der Waals surface area (Å²) >= 11 is 0. The molecule has 5 rings (SSSR count). The molecule has 3 heterocycles. The van der Waals surface area contributed by atoms with Gasteiger partial charge in [-0.1, -0.05) is 19.1 Å². The number of nitrogens with one attached hydrogen (secondary N) is 1. The van der Waals surface area contributed by atoms with E-state index in [1.807, 2.05) is 32.0 Å². The number of hydrogen-bond donors (Lipinski definition) is 2. The van der Waals surface area contributed by atoms with Gasteiger partial charge in [-0.25, -0.2) is 9.97 Å². The molecule has 0 radical (unpaired) electrons. The lowest BCUT2D eigenvalue weighted by atomic mass is 9.98. The Morgan fingerprint density at radius 3 is 2.59 bits per heavy atom. The number of Topliss-reactive ketones (excluding diaryl/α,β-unsaturated/α-hetero) is 1. The zero-order chi connectivity index (χ0) is 29.1. The predicted octanol–water partition coefficient (Wildman–Crippen LogP) is 5.68. The lowest BCUT2D eigenvalue weighted by Gasteiger charge is -2.32. The van der Waals surface area contributed by atoms with Crippen molar-refractivity contribution in [2.45, 2.75) is 51.8 Å². The van der Waals surface area contributed by atoms with Crippen molar-refractivity contribution in [2.75, 3.05) is 23.3 Å². The summed E-state index contributed by atoms with van der Waals surface area (Å²) in [5, 5.41) is 17.5. The van der Waals surface area contributed by atoms with Crippen LogP contribution in [0.4, 0.5) is 30.4 Å². The number of piperidine rings is 1. The van der Waals surface area contributed by atoms with Gasteiger partial charge in [0.25, 0.3) is 0 Å². The Morgan fingerprint density at radius 2 is 1.85 bits per heavy atom. The average Bonchev–Trinajstić information content (AvgIpc) is 3.42. The molecule has 0 aliphatic carbocycles. The second kappa shape index (κ2) is 11.7. The van der Waals surface area contributed by atoms with Crippen LogP contribution in [-0.4, -0.2) is 49.8 Å². The number of nitrogens with zero attached hydrogens (tertiary/aromatic N) is 5. The van der Waals surface area contributed by atoms with E-state index in [1.54, 1.807) is 27.9 Å². The van der Waals surface area contributed by atoms with E-state index in [0.717, 1.165) is 35.5 Å². The summed E-state index contributed by atoms with van der Waals surface area (Å²) in [6, 6.07) is 12.7. The number of anilines is 3. The van der Waals surface area contributed by atoms with Gasteiger partial charge in [0.1, 0.15) is 12.1 Å². The third-order valence-corrected chi connectivity index (χ3v) is 7.26. The van der Waals surface area contributed by atoms with Gasteiger partial charge in [0.05, 0.1) is 17.9 Å². The van der Waals surface area contributed by atoms with Crippen LogP contribution in [0.3, 0.4) is 0 Å². The zero-order valence-corrected chi connectivity index (χ0v) is 22.8. The number of aliphatic hydroxyl groups is 1. The number of halogens is 3. The molecular formula is C30H31F3N6O2. The number of alkyl halides is 3. The fraction of sp³-hybridized carbons (Fsp3) is 0.333. The predicted molar refractivity (Wildman–Crippen MR) is 150 cm³/mol. The van der Waals surface area contributed by atoms with E-state index >= 15 is 0 Å². The van der Waals surface area contributed by atoms with Crippen LogP contribution in [-0.2, 0) is 19.0 Å². The van der Waals surface area contributed by atoms with E-state index in [1.165, 1.54) is 12.4 Å². The Balaban J connectivity index is 1.39. The first-order valence-corrected chi connectivity index (χ1v) is 13.5. The Morgan fingerprint density at radius 1 is 1.07 bits per heavy atom. The number of aromatic nitrogens is 4. The molecule has 0 saturated carbocycles. The summed E-state index contributed by atoms with van der Waals surface area (Å²) in [5.41, 5.74) is 2.67. The molecule has 0 spiro atoms. The Hall–Kier alpha value is -4.25. The lowest BCUT2D eigenvalue weighted by molar-refractivity contribution is -0.137. The minimum atomic E-state index is -4.59. The molecule has 41 heavy (non-hydrogen) atoms. The number of aryl methyl sites for hydroxylation is 2. The number of carbonyl (C=O) groups excluding carboxylic acids is 1. The van der Waals surface area contributed by atoms with Gasteiger partial charge in [-0.3, -0.25) is 4.79 Å². The minimum Gasteiger partial charge on any atom is -0.393 e. The summed E-state index contributed by atoms with van der Waals surface area (Å²) < 4.78 is 42.9. The van der Waals surface area contributed by atoms with Gasteiger partial charge >= 0.3 is 6.18 Å². The molecule has 2 aromatic carbocycles. The second-order valence-electron chi connectivity index (χ2n) is 10.2. The SMILES string of the molecule is CCc1cc(-n2nccc2Nc2cc(CC(=O)c3cc(N4CCC(O)CC4)cc(C(F)(F)F)c3)ccc2C)ncn1. The molecular weight excluding hydrogens is 533 g/mol. The van der Waals surface area contributed by atoms with Crippen molar-refractivity contribution in [1.82, 2.24) is 19.7 Å². The van der Waals surface area contributed by atoms with Crippen LogP contribution in [0.25, 0.3) is 5.82 Å². The van der Waals surface area contributed by atoms with Crippen molar-refractivity contribution >= 4 is 23.0 Å². The van der Waals surface area contributed by atoms with Crippen molar-refractivity contribution in [3.05, 3.63) is 89.0 Å². The molecule has 0 unspecified atom stereocenters. The number of ketones is 1. The van der Waals surface area contributed by atoms with Crippen molar-refractivity contribution in [2.24, 2.45) is 0 Å². The zero-order valence-electron chi connectivity index (χ0n) is 22.8. The molecule has 4 aromatic rings. The van der Waals surface area contributed by atoms with Crippen LogP contribution in [0, 0.1) is 6.92 Å². The average molecular weight is 565 g/mol. The molecule has 1 aliphatic rings. The van der Waals surface area contributed by atoms with Crippen LogP contribution in [0.5, 0.6) is 0 Å². The van der Waals surface area contributed by atoms with Crippen LogP contribution in [0.2, 0.25) is 0 Å². The Labute approximate surface area is 235 Å². The van der Waals surface area contributed by atoms with Crippen molar-refractivity contribution in [3.63, 3.8) is 0 Å². The van der Waals surface area contributed by atoms with E-state index in [2.05, 4.69) is 20.4 Å². The van der Waals surface area contributed by atoms with Crippen molar-refractivity contribution in [3.8, 4) is 5.82 Å². The summed E-state index contributed by atoms with van der Waals surface area (Å²) in [7, 11) is 0. The first-order chi connectivity index (χ1) is 19.6. The number of aliphatic hydroxyl groups excluding tert-OH is 1. The maximum atomic E-state index is 13.7. The maximum absolute atomic E-state index is 13.7. The number of rotatable bonds is 8. The van der Waals surface area contributed by atoms with Gasteiger partial charge in [-0.2, -0.15) is 23.0 Å². The van der Waals surface area contributed by atoms with Gasteiger partial charge in [0, 0.05) is 54.3 Å². The van der Waals surface area contributed by atoms with Gasteiger partial charge in [-0.15, -0.1) is 0 Å². The third-order valence-electron chi connectivity index (χ3n) is 7.26.